The van der Waals surface area contributed by atoms with E-state index in [9.17, 15) is 9.59 Å². The standard InChI is InChI=1S/C21H28N4O3/c1-3-25-19(26)10-9-18(20(25)16-5-7-17(28-2)8-6-16)21(27)23-11-4-13-24-14-12-22-15-24/h5-8,12,14-15,18,20H,3-4,9-11,13H2,1-2H3,(H,23,27)/t18-,20+/m1/s1. The van der Waals surface area contributed by atoms with Crippen LogP contribution in [0.5, 0.6) is 5.75 Å². The zero-order chi connectivity index (χ0) is 19.9. The van der Waals surface area contributed by atoms with Crippen molar-refractivity contribution in [2.75, 3.05) is 20.2 Å². The van der Waals surface area contributed by atoms with Crippen molar-refractivity contribution in [1.29, 1.82) is 0 Å². The maximum Gasteiger partial charge on any atom is 0.225 e. The molecule has 2 heterocycles. The summed E-state index contributed by atoms with van der Waals surface area (Å²) in [5.41, 5.74) is 0.967. The van der Waals surface area contributed by atoms with Gasteiger partial charge in [-0.05, 0) is 37.5 Å². The second-order valence-corrected chi connectivity index (χ2v) is 6.99. The van der Waals surface area contributed by atoms with Crippen LogP contribution in [0.15, 0.2) is 43.0 Å². The van der Waals surface area contributed by atoms with Crippen LogP contribution < -0.4 is 10.1 Å². The van der Waals surface area contributed by atoms with E-state index in [4.69, 9.17) is 4.74 Å². The number of carbonyl (C=O) groups excluding carboxylic acids is 2. The van der Waals surface area contributed by atoms with E-state index in [1.165, 1.54) is 0 Å². The van der Waals surface area contributed by atoms with Gasteiger partial charge in [0.25, 0.3) is 0 Å². The predicted octanol–water partition coefficient (Wildman–Crippen LogP) is 2.40. The molecule has 0 bridgehead atoms. The minimum atomic E-state index is -0.251. The molecule has 1 fully saturated rings. The zero-order valence-electron chi connectivity index (χ0n) is 16.5. The fourth-order valence-electron chi connectivity index (χ4n) is 3.84. The predicted molar refractivity (Wildman–Crippen MR) is 106 cm³/mol. The van der Waals surface area contributed by atoms with Crippen molar-refractivity contribution in [2.45, 2.75) is 38.8 Å². The van der Waals surface area contributed by atoms with E-state index in [1.54, 1.807) is 19.6 Å². The molecule has 1 aromatic carbocycles. The normalized spacial score (nSPS) is 19.5. The minimum absolute atomic E-state index is 0.0115. The highest BCUT2D eigenvalue weighted by atomic mass is 16.5. The van der Waals surface area contributed by atoms with Crippen LogP contribution in [-0.2, 0) is 16.1 Å². The molecule has 2 aromatic rings. The van der Waals surface area contributed by atoms with E-state index in [0.29, 0.717) is 25.9 Å². The van der Waals surface area contributed by atoms with E-state index in [0.717, 1.165) is 24.3 Å². The fourth-order valence-corrected chi connectivity index (χ4v) is 3.84. The Kier molecular flexibility index (Phi) is 6.68. The first-order valence-electron chi connectivity index (χ1n) is 9.81. The molecule has 2 amide bonds. The number of hydrogen-bond donors (Lipinski definition) is 1. The molecule has 1 aliphatic rings. The molecule has 1 aromatic heterocycles. The van der Waals surface area contributed by atoms with Gasteiger partial charge in [-0.3, -0.25) is 9.59 Å². The number of aryl methyl sites for hydroxylation is 1. The monoisotopic (exact) mass is 384 g/mol. The third-order valence-corrected chi connectivity index (χ3v) is 5.29. The maximum absolute atomic E-state index is 12.9. The van der Waals surface area contributed by atoms with Crippen LogP contribution in [0.1, 0.15) is 37.8 Å². The largest absolute Gasteiger partial charge is 0.497 e. The lowest BCUT2D eigenvalue weighted by atomic mass is 9.83. The molecule has 1 saturated heterocycles. The molecule has 0 aliphatic carbocycles. The number of methoxy groups -OCH3 is 1. The smallest absolute Gasteiger partial charge is 0.225 e. The Balaban J connectivity index is 1.68. The van der Waals surface area contributed by atoms with Gasteiger partial charge in [-0.1, -0.05) is 12.1 Å². The number of hydrogen-bond acceptors (Lipinski definition) is 4. The van der Waals surface area contributed by atoms with Crippen LogP contribution in [0.25, 0.3) is 0 Å². The quantitative estimate of drug-likeness (QED) is 0.709. The summed E-state index contributed by atoms with van der Waals surface area (Å²) >= 11 is 0. The lowest BCUT2D eigenvalue weighted by molar-refractivity contribution is -0.143. The van der Waals surface area contributed by atoms with Crippen LogP contribution in [0.3, 0.4) is 0 Å². The van der Waals surface area contributed by atoms with Gasteiger partial charge in [0, 0.05) is 38.4 Å². The Morgan fingerprint density at radius 3 is 2.75 bits per heavy atom. The zero-order valence-corrected chi connectivity index (χ0v) is 16.5. The van der Waals surface area contributed by atoms with Crippen molar-refractivity contribution in [3.63, 3.8) is 0 Å². The van der Waals surface area contributed by atoms with Gasteiger partial charge in [0.15, 0.2) is 0 Å². The molecule has 0 radical (unpaired) electrons. The highest BCUT2D eigenvalue weighted by Gasteiger charge is 2.39. The number of imidazole rings is 1. The topological polar surface area (TPSA) is 76.5 Å². The number of ether oxygens (including phenoxy) is 1. The van der Waals surface area contributed by atoms with E-state index >= 15 is 0 Å². The van der Waals surface area contributed by atoms with Crippen molar-refractivity contribution in [2.24, 2.45) is 5.92 Å². The van der Waals surface area contributed by atoms with Gasteiger partial charge in [0.05, 0.1) is 25.4 Å². The molecule has 1 N–H and O–H groups in total. The molecule has 3 rings (SSSR count). The third kappa shape index (κ3) is 4.52. The molecule has 28 heavy (non-hydrogen) atoms. The minimum Gasteiger partial charge on any atom is -0.497 e. The number of carbonyl (C=O) groups is 2. The van der Waals surface area contributed by atoms with Gasteiger partial charge in [-0.25, -0.2) is 4.98 Å². The second-order valence-electron chi connectivity index (χ2n) is 6.99. The molecular weight excluding hydrogens is 356 g/mol. The summed E-state index contributed by atoms with van der Waals surface area (Å²) in [4.78, 5) is 31.2. The third-order valence-electron chi connectivity index (χ3n) is 5.29. The number of aromatic nitrogens is 2. The van der Waals surface area contributed by atoms with Crippen LogP contribution in [0.4, 0.5) is 0 Å². The summed E-state index contributed by atoms with van der Waals surface area (Å²) in [6, 6.07) is 7.41. The molecule has 2 atom stereocenters. The first-order valence-corrected chi connectivity index (χ1v) is 9.81. The van der Waals surface area contributed by atoms with Crippen molar-refractivity contribution in [3.05, 3.63) is 48.5 Å². The van der Waals surface area contributed by atoms with Gasteiger partial charge in [0.2, 0.25) is 11.8 Å². The average Bonchev–Trinajstić information content (AvgIpc) is 3.24. The molecule has 1 aliphatic heterocycles. The summed E-state index contributed by atoms with van der Waals surface area (Å²) in [6.45, 7) is 3.95. The maximum atomic E-state index is 12.9. The Labute approximate surface area is 165 Å². The molecule has 7 heteroatoms. The number of piperidine rings is 1. The lowest BCUT2D eigenvalue weighted by Gasteiger charge is -2.40. The Bertz CT molecular complexity index is 773. The van der Waals surface area contributed by atoms with E-state index in [-0.39, 0.29) is 23.8 Å². The van der Waals surface area contributed by atoms with Gasteiger partial charge in [-0.2, -0.15) is 0 Å². The SMILES string of the molecule is CCN1C(=O)CC[C@@H](C(=O)NCCCn2ccnc2)[C@@H]1c1ccc(OC)cc1. The van der Waals surface area contributed by atoms with Gasteiger partial charge in [0.1, 0.15) is 5.75 Å². The first-order chi connectivity index (χ1) is 13.6. The highest BCUT2D eigenvalue weighted by Crippen LogP contribution is 2.37. The second kappa shape index (κ2) is 9.39. The lowest BCUT2D eigenvalue weighted by Crippen LogP contribution is -2.48. The van der Waals surface area contributed by atoms with E-state index in [2.05, 4.69) is 10.3 Å². The Hall–Kier alpha value is -2.83. The molecule has 150 valence electrons. The summed E-state index contributed by atoms with van der Waals surface area (Å²) < 4.78 is 7.23. The van der Waals surface area contributed by atoms with Crippen LogP contribution >= 0.6 is 0 Å². The summed E-state index contributed by atoms with van der Waals surface area (Å²) in [7, 11) is 1.62. The van der Waals surface area contributed by atoms with Gasteiger partial charge >= 0.3 is 0 Å². The van der Waals surface area contributed by atoms with E-state index in [1.807, 2.05) is 46.9 Å². The number of amides is 2. The summed E-state index contributed by atoms with van der Waals surface area (Å²) in [5.74, 6) is 0.624. The molecular formula is C21H28N4O3. The Morgan fingerprint density at radius 1 is 1.32 bits per heavy atom. The van der Waals surface area contributed by atoms with Crippen molar-refractivity contribution in [1.82, 2.24) is 19.8 Å². The van der Waals surface area contributed by atoms with Crippen LogP contribution in [0.2, 0.25) is 0 Å². The Morgan fingerprint density at radius 2 is 2.11 bits per heavy atom. The van der Waals surface area contributed by atoms with Gasteiger partial charge in [-0.15, -0.1) is 0 Å². The highest BCUT2D eigenvalue weighted by molar-refractivity contribution is 5.85. The van der Waals surface area contributed by atoms with Crippen LogP contribution in [0, 0.1) is 5.92 Å². The number of nitrogens with zero attached hydrogens (tertiary/aromatic N) is 3. The number of nitrogens with one attached hydrogen (secondary N) is 1. The average molecular weight is 384 g/mol. The molecule has 0 unspecified atom stereocenters. The molecule has 0 saturated carbocycles. The molecule has 7 nitrogen and oxygen atoms in total. The summed E-state index contributed by atoms with van der Waals surface area (Å²) in [6.07, 6.45) is 7.24. The number of likely N-dealkylation sites (tertiary alicyclic amines) is 1. The van der Waals surface area contributed by atoms with Gasteiger partial charge < -0.3 is 19.5 Å². The van der Waals surface area contributed by atoms with E-state index < -0.39 is 0 Å². The summed E-state index contributed by atoms with van der Waals surface area (Å²) in [5, 5.41) is 3.06. The molecule has 0 spiro atoms. The van der Waals surface area contributed by atoms with Crippen molar-refractivity contribution < 1.29 is 14.3 Å². The van der Waals surface area contributed by atoms with Crippen molar-refractivity contribution in [3.8, 4) is 5.75 Å². The van der Waals surface area contributed by atoms with Crippen molar-refractivity contribution >= 4 is 11.8 Å². The van der Waals surface area contributed by atoms with Crippen LogP contribution in [-0.4, -0.2) is 46.5 Å². The number of benzene rings is 1. The fraction of sp³-hybridized carbons (Fsp3) is 0.476. The number of rotatable bonds is 8. The first kappa shape index (κ1) is 19.9.